The average molecular weight is 281 g/mol. The molecule has 0 saturated heterocycles. The fourth-order valence-corrected chi connectivity index (χ4v) is 2.29. The Hall–Kier alpha value is -2.75. The molecule has 0 fully saturated rings. The number of hydrogen-bond donors (Lipinski definition) is 1. The molecule has 0 bridgehead atoms. The molecule has 0 aliphatic carbocycles. The van der Waals surface area contributed by atoms with Gasteiger partial charge in [0.1, 0.15) is 22.5 Å². The number of benzene rings is 2. The van der Waals surface area contributed by atoms with E-state index in [0.717, 1.165) is 5.56 Å². The first-order valence-corrected chi connectivity index (χ1v) is 6.74. The molecule has 106 valence electrons. The second-order valence-corrected chi connectivity index (χ2v) is 4.66. The Kier molecular flexibility index (Phi) is 3.36. The summed E-state index contributed by atoms with van der Waals surface area (Å²) in [6, 6.07) is 14.0. The van der Waals surface area contributed by atoms with E-state index in [9.17, 15) is 4.79 Å². The van der Waals surface area contributed by atoms with Gasteiger partial charge in [-0.05, 0) is 31.2 Å². The number of hydrogen-bond acceptors (Lipinski definition) is 4. The third-order valence-electron chi connectivity index (χ3n) is 3.19. The summed E-state index contributed by atoms with van der Waals surface area (Å²) < 4.78 is 11.3. The highest BCUT2D eigenvalue weighted by molar-refractivity contribution is 5.85. The topological polar surface area (TPSA) is 65.5 Å². The second-order valence-electron chi connectivity index (χ2n) is 4.66. The quantitative estimate of drug-likeness (QED) is 0.747. The zero-order valence-corrected chi connectivity index (χ0v) is 11.6. The summed E-state index contributed by atoms with van der Waals surface area (Å²) in [5, 5.41) is 0.465. The number of fused-ring (bicyclic) bond motifs is 1. The Labute approximate surface area is 121 Å². The Morgan fingerprint density at radius 1 is 1.14 bits per heavy atom. The van der Waals surface area contributed by atoms with Crippen LogP contribution in [0.3, 0.4) is 0 Å². The molecule has 0 aliphatic heterocycles. The van der Waals surface area contributed by atoms with Crippen LogP contribution in [0.4, 0.5) is 5.69 Å². The van der Waals surface area contributed by atoms with Crippen LogP contribution in [0.2, 0.25) is 0 Å². The number of nitrogens with two attached hydrogens (primary N) is 1. The van der Waals surface area contributed by atoms with Gasteiger partial charge in [0.25, 0.3) is 0 Å². The molecule has 0 amide bonds. The Bertz CT molecular complexity index is 852. The SMILES string of the molecule is CCOc1cccc2oc(-c3cccc(N)c3)cc(=O)c12. The zero-order valence-electron chi connectivity index (χ0n) is 11.6. The monoisotopic (exact) mass is 281 g/mol. The van der Waals surface area contributed by atoms with Crippen molar-refractivity contribution in [2.75, 3.05) is 12.3 Å². The van der Waals surface area contributed by atoms with Crippen molar-refractivity contribution in [3.63, 3.8) is 0 Å². The lowest BCUT2D eigenvalue weighted by Gasteiger charge is -2.08. The van der Waals surface area contributed by atoms with Crippen molar-refractivity contribution in [3.8, 4) is 17.1 Å². The predicted molar refractivity (Wildman–Crippen MR) is 83.5 cm³/mol. The van der Waals surface area contributed by atoms with Crippen LogP contribution >= 0.6 is 0 Å². The van der Waals surface area contributed by atoms with Gasteiger partial charge in [0, 0.05) is 17.3 Å². The van der Waals surface area contributed by atoms with Gasteiger partial charge >= 0.3 is 0 Å². The van der Waals surface area contributed by atoms with Crippen molar-refractivity contribution in [3.05, 3.63) is 58.8 Å². The van der Waals surface area contributed by atoms with Gasteiger partial charge in [-0.25, -0.2) is 0 Å². The van der Waals surface area contributed by atoms with Crippen molar-refractivity contribution in [2.45, 2.75) is 6.92 Å². The highest BCUT2D eigenvalue weighted by Gasteiger charge is 2.11. The molecule has 0 spiro atoms. The number of anilines is 1. The highest BCUT2D eigenvalue weighted by atomic mass is 16.5. The molecule has 4 heteroatoms. The maximum Gasteiger partial charge on any atom is 0.197 e. The molecule has 0 atom stereocenters. The van der Waals surface area contributed by atoms with E-state index in [1.807, 2.05) is 19.1 Å². The van der Waals surface area contributed by atoms with Gasteiger partial charge < -0.3 is 14.9 Å². The Morgan fingerprint density at radius 3 is 2.71 bits per heavy atom. The van der Waals surface area contributed by atoms with Crippen molar-refractivity contribution in [1.82, 2.24) is 0 Å². The Balaban J connectivity index is 2.23. The molecule has 1 heterocycles. The fourth-order valence-electron chi connectivity index (χ4n) is 2.29. The third-order valence-corrected chi connectivity index (χ3v) is 3.19. The van der Waals surface area contributed by atoms with E-state index in [1.165, 1.54) is 6.07 Å². The van der Waals surface area contributed by atoms with Crippen LogP contribution in [0.25, 0.3) is 22.3 Å². The van der Waals surface area contributed by atoms with Gasteiger partial charge in [0.15, 0.2) is 5.43 Å². The maximum atomic E-state index is 12.4. The van der Waals surface area contributed by atoms with Gasteiger partial charge in [-0.1, -0.05) is 18.2 Å². The molecule has 2 aromatic carbocycles. The molecule has 21 heavy (non-hydrogen) atoms. The van der Waals surface area contributed by atoms with Crippen LogP contribution in [-0.4, -0.2) is 6.61 Å². The van der Waals surface area contributed by atoms with Crippen molar-refractivity contribution >= 4 is 16.7 Å². The van der Waals surface area contributed by atoms with Crippen LogP contribution < -0.4 is 15.9 Å². The van der Waals surface area contributed by atoms with E-state index >= 15 is 0 Å². The normalized spacial score (nSPS) is 10.7. The molecule has 2 N–H and O–H groups in total. The smallest absolute Gasteiger partial charge is 0.197 e. The van der Waals surface area contributed by atoms with E-state index in [2.05, 4.69) is 0 Å². The summed E-state index contributed by atoms with van der Waals surface area (Å²) in [5.41, 5.74) is 7.55. The minimum atomic E-state index is -0.127. The third kappa shape index (κ3) is 2.48. The van der Waals surface area contributed by atoms with E-state index in [-0.39, 0.29) is 5.43 Å². The molecule has 0 aliphatic rings. The highest BCUT2D eigenvalue weighted by Crippen LogP contribution is 2.27. The number of rotatable bonds is 3. The van der Waals surface area contributed by atoms with Crippen LogP contribution in [0.1, 0.15) is 6.92 Å². The summed E-state index contributed by atoms with van der Waals surface area (Å²) >= 11 is 0. The van der Waals surface area contributed by atoms with Crippen molar-refractivity contribution in [1.29, 1.82) is 0 Å². The lowest BCUT2D eigenvalue weighted by molar-refractivity contribution is 0.344. The summed E-state index contributed by atoms with van der Waals surface area (Å²) in [5.74, 6) is 1.04. The number of nitrogen functional groups attached to an aromatic ring is 1. The molecule has 0 unspecified atom stereocenters. The Morgan fingerprint density at radius 2 is 1.95 bits per heavy atom. The van der Waals surface area contributed by atoms with Gasteiger partial charge in [-0.3, -0.25) is 4.79 Å². The second kappa shape index (κ2) is 5.32. The molecule has 1 aromatic heterocycles. The average Bonchev–Trinajstić information content (AvgIpc) is 2.47. The summed E-state index contributed by atoms with van der Waals surface area (Å²) in [6.07, 6.45) is 0. The number of ether oxygens (including phenoxy) is 1. The summed E-state index contributed by atoms with van der Waals surface area (Å²) in [6.45, 7) is 2.37. The van der Waals surface area contributed by atoms with Gasteiger partial charge in [0.2, 0.25) is 0 Å². The minimum absolute atomic E-state index is 0.127. The van der Waals surface area contributed by atoms with Gasteiger partial charge in [-0.2, -0.15) is 0 Å². The standard InChI is InChI=1S/C17H15NO3/c1-2-20-14-7-4-8-15-17(14)13(19)10-16(21-15)11-5-3-6-12(18)9-11/h3-10H,2,18H2,1H3. The maximum absolute atomic E-state index is 12.4. The first kappa shape index (κ1) is 13.2. The molecule has 0 saturated carbocycles. The van der Waals surface area contributed by atoms with Crippen LogP contribution in [0.15, 0.2) is 57.7 Å². The van der Waals surface area contributed by atoms with Gasteiger partial charge in [-0.15, -0.1) is 0 Å². The van der Waals surface area contributed by atoms with E-state index < -0.39 is 0 Å². The zero-order chi connectivity index (χ0) is 14.8. The lowest BCUT2D eigenvalue weighted by Crippen LogP contribution is -2.04. The molecular formula is C17H15NO3. The van der Waals surface area contributed by atoms with Crippen molar-refractivity contribution < 1.29 is 9.15 Å². The first-order valence-electron chi connectivity index (χ1n) is 6.74. The minimum Gasteiger partial charge on any atom is -0.493 e. The molecule has 0 radical (unpaired) electrons. The van der Waals surface area contributed by atoms with Crippen LogP contribution in [-0.2, 0) is 0 Å². The summed E-state index contributed by atoms with van der Waals surface area (Å²) in [7, 11) is 0. The predicted octanol–water partition coefficient (Wildman–Crippen LogP) is 3.44. The first-order chi connectivity index (χ1) is 10.2. The van der Waals surface area contributed by atoms with Crippen LogP contribution in [0, 0.1) is 0 Å². The van der Waals surface area contributed by atoms with E-state index in [0.29, 0.717) is 34.8 Å². The summed E-state index contributed by atoms with van der Waals surface area (Å²) in [4.78, 5) is 12.4. The van der Waals surface area contributed by atoms with E-state index in [4.69, 9.17) is 14.9 Å². The lowest BCUT2D eigenvalue weighted by atomic mass is 10.1. The molecule has 3 aromatic rings. The van der Waals surface area contributed by atoms with Gasteiger partial charge in [0.05, 0.1) is 6.61 Å². The molecule has 3 rings (SSSR count). The van der Waals surface area contributed by atoms with Crippen molar-refractivity contribution in [2.24, 2.45) is 0 Å². The molecular weight excluding hydrogens is 266 g/mol. The molecule has 4 nitrogen and oxygen atoms in total. The largest absolute Gasteiger partial charge is 0.493 e. The fraction of sp³-hybridized carbons (Fsp3) is 0.118. The van der Waals surface area contributed by atoms with Crippen LogP contribution in [0.5, 0.6) is 5.75 Å². The van der Waals surface area contributed by atoms with E-state index in [1.54, 1.807) is 30.3 Å².